The number of carbonyl (C=O) groups is 1. The quantitative estimate of drug-likeness (QED) is 0.212. The number of aliphatic hydroxyl groups is 3. The molecule has 2 aliphatic heterocycles. The Labute approximate surface area is 175 Å². The molecular formula is C16H32N2O11S. The van der Waals surface area contributed by atoms with Gasteiger partial charge in [0.05, 0.1) is 24.3 Å². The van der Waals surface area contributed by atoms with Gasteiger partial charge in [-0.1, -0.05) is 13.8 Å². The van der Waals surface area contributed by atoms with Crippen molar-refractivity contribution < 1.29 is 51.8 Å². The molecule has 1 aliphatic carbocycles. The normalized spacial score (nSPS) is 43.2. The number of rotatable bonds is 2. The molecule has 0 spiro atoms. The molecular weight excluding hydrogens is 428 g/mol. The molecule has 7 N–H and O–H groups in total. The van der Waals surface area contributed by atoms with Crippen LogP contribution in [-0.2, 0) is 29.4 Å². The monoisotopic (exact) mass is 460 g/mol. The van der Waals surface area contributed by atoms with Crippen molar-refractivity contribution in [3.05, 3.63) is 0 Å². The predicted octanol–water partition coefficient (Wildman–Crippen LogP) is -2.55. The second kappa shape index (κ2) is 10.7. The number of nitrogens with one attached hydrogen (secondary N) is 2. The summed E-state index contributed by atoms with van der Waals surface area (Å²) in [6.45, 7) is 5.70. The molecule has 1 saturated carbocycles. The minimum atomic E-state index is -4.67. The molecule has 2 saturated heterocycles. The molecule has 3 fully saturated rings. The fourth-order valence-corrected chi connectivity index (χ4v) is 3.68. The van der Waals surface area contributed by atoms with Gasteiger partial charge in [-0.05, 0) is 21.0 Å². The Bertz CT molecular complexity index is 670. The zero-order valence-corrected chi connectivity index (χ0v) is 18.2. The molecule has 14 heteroatoms. The van der Waals surface area contributed by atoms with E-state index in [1.807, 2.05) is 13.8 Å². The number of carbonyl (C=O) groups excluding carboxylic acids is 1. The Morgan fingerprint density at radius 3 is 1.97 bits per heavy atom. The lowest BCUT2D eigenvalue weighted by Crippen LogP contribution is -2.77. The van der Waals surface area contributed by atoms with E-state index in [-0.39, 0.29) is 6.42 Å². The van der Waals surface area contributed by atoms with Gasteiger partial charge in [0.25, 0.3) is 5.79 Å². The van der Waals surface area contributed by atoms with Crippen molar-refractivity contribution in [3.63, 3.8) is 0 Å². The third kappa shape index (κ3) is 5.92. The third-order valence-corrected chi connectivity index (χ3v) is 4.93. The summed E-state index contributed by atoms with van der Waals surface area (Å²) in [5, 5.41) is 37.2. The van der Waals surface area contributed by atoms with Gasteiger partial charge in [-0.25, -0.2) is 0 Å². The summed E-state index contributed by atoms with van der Waals surface area (Å²) in [6.07, 6.45) is -5.58. The minimum Gasteiger partial charge on any atom is -0.390 e. The van der Waals surface area contributed by atoms with E-state index < -0.39 is 70.9 Å². The Hall–Kier alpha value is -0.780. The Kier molecular flexibility index (Phi) is 9.71. The van der Waals surface area contributed by atoms with Crippen LogP contribution in [-0.4, -0.2) is 107 Å². The predicted molar refractivity (Wildman–Crippen MR) is 102 cm³/mol. The van der Waals surface area contributed by atoms with Crippen LogP contribution in [0.15, 0.2) is 0 Å². The van der Waals surface area contributed by atoms with Crippen LogP contribution in [0.5, 0.6) is 0 Å². The zero-order valence-electron chi connectivity index (χ0n) is 17.4. The maximum atomic E-state index is 12.2. The SMILES string of the molecule is CC.CN[C@@H]1[C@H](O)[C@H](NC)[C@H]2O[C@@]3(O)C(=O)C[C@@H](C)OC3O[C@@H]2[C@H]1O.O=S(=O)(O)O. The topological polar surface area (TPSA) is 204 Å². The van der Waals surface area contributed by atoms with Crippen molar-refractivity contribution >= 4 is 16.2 Å². The molecule has 13 nitrogen and oxygen atoms in total. The largest absolute Gasteiger partial charge is 0.394 e. The van der Waals surface area contributed by atoms with Gasteiger partial charge in [-0.15, -0.1) is 0 Å². The van der Waals surface area contributed by atoms with Crippen LogP contribution in [0.1, 0.15) is 27.2 Å². The van der Waals surface area contributed by atoms with E-state index in [9.17, 15) is 20.1 Å². The second-order valence-electron chi connectivity index (χ2n) is 6.84. The van der Waals surface area contributed by atoms with Crippen molar-refractivity contribution in [2.75, 3.05) is 14.1 Å². The first-order valence-electron chi connectivity index (χ1n) is 9.48. The van der Waals surface area contributed by atoms with Crippen LogP contribution in [0, 0.1) is 0 Å². The van der Waals surface area contributed by atoms with Gasteiger partial charge in [-0.2, -0.15) is 8.42 Å². The molecule has 3 rings (SSSR count). The maximum Gasteiger partial charge on any atom is 0.394 e. The van der Waals surface area contributed by atoms with Crippen molar-refractivity contribution in [3.8, 4) is 0 Å². The summed E-state index contributed by atoms with van der Waals surface area (Å²) < 4.78 is 48.4. The van der Waals surface area contributed by atoms with Gasteiger partial charge >= 0.3 is 10.4 Å². The summed E-state index contributed by atoms with van der Waals surface area (Å²) in [5.74, 6) is -2.76. The third-order valence-electron chi connectivity index (χ3n) is 4.93. The molecule has 0 aromatic carbocycles. The van der Waals surface area contributed by atoms with Crippen LogP contribution in [0.2, 0.25) is 0 Å². The molecule has 2 heterocycles. The van der Waals surface area contributed by atoms with Gasteiger partial charge in [0.1, 0.15) is 18.3 Å². The average molecular weight is 461 g/mol. The lowest BCUT2D eigenvalue weighted by Gasteiger charge is -2.55. The molecule has 0 aromatic rings. The molecule has 3 aliphatic rings. The van der Waals surface area contributed by atoms with Crippen LogP contribution < -0.4 is 10.6 Å². The summed E-state index contributed by atoms with van der Waals surface area (Å²) in [5.41, 5.74) is 0. The Morgan fingerprint density at radius 2 is 1.50 bits per heavy atom. The highest BCUT2D eigenvalue weighted by Gasteiger charge is 2.63. The van der Waals surface area contributed by atoms with Crippen LogP contribution in [0.3, 0.4) is 0 Å². The van der Waals surface area contributed by atoms with Gasteiger partial charge in [0.2, 0.25) is 6.29 Å². The molecule has 9 atom stereocenters. The number of aliphatic hydroxyl groups excluding tert-OH is 2. The van der Waals surface area contributed by atoms with Crippen molar-refractivity contribution in [1.82, 2.24) is 10.6 Å². The summed E-state index contributed by atoms with van der Waals surface area (Å²) in [6, 6.07) is -1.29. The first-order chi connectivity index (χ1) is 13.8. The summed E-state index contributed by atoms with van der Waals surface area (Å²) in [4.78, 5) is 12.2. The highest BCUT2D eigenvalue weighted by atomic mass is 32.3. The molecule has 0 amide bonds. The average Bonchev–Trinajstić information content (AvgIpc) is 2.63. The molecule has 0 aromatic heterocycles. The first-order valence-corrected chi connectivity index (χ1v) is 10.9. The van der Waals surface area contributed by atoms with E-state index in [2.05, 4.69) is 10.6 Å². The number of ether oxygens (including phenoxy) is 3. The minimum absolute atomic E-state index is 0.00220. The fraction of sp³-hybridized carbons (Fsp3) is 0.938. The number of Topliss-reactive ketones (excluding diaryl/α,β-unsaturated/α-hetero) is 1. The number of likely N-dealkylation sites (N-methyl/N-ethyl adjacent to an activating group) is 2. The van der Waals surface area contributed by atoms with E-state index in [0.29, 0.717) is 0 Å². The maximum absolute atomic E-state index is 12.2. The Morgan fingerprint density at radius 1 is 1.00 bits per heavy atom. The lowest BCUT2D eigenvalue weighted by molar-refractivity contribution is -0.420. The second-order valence-corrected chi connectivity index (χ2v) is 7.74. The fourth-order valence-electron chi connectivity index (χ4n) is 3.68. The van der Waals surface area contributed by atoms with E-state index in [1.165, 1.54) is 0 Å². The van der Waals surface area contributed by atoms with Gasteiger partial charge in [0.15, 0.2) is 5.78 Å². The van der Waals surface area contributed by atoms with Crippen molar-refractivity contribution in [2.24, 2.45) is 0 Å². The summed E-state index contributed by atoms with van der Waals surface area (Å²) in [7, 11) is -1.43. The highest BCUT2D eigenvalue weighted by Crippen LogP contribution is 2.40. The highest BCUT2D eigenvalue weighted by molar-refractivity contribution is 7.79. The van der Waals surface area contributed by atoms with E-state index in [1.54, 1.807) is 21.0 Å². The van der Waals surface area contributed by atoms with E-state index in [0.717, 1.165) is 0 Å². The van der Waals surface area contributed by atoms with E-state index in [4.69, 9.17) is 31.7 Å². The lowest BCUT2D eigenvalue weighted by atomic mass is 9.80. The number of fused-ring (bicyclic) bond motifs is 2. The number of hydrogen-bond donors (Lipinski definition) is 7. The standard InChI is InChI=1S/C14H24N2O7.C2H6.H2O4S/c1-5-4-6(17)14(20)13(21-5)22-12-10(19)7(15-2)9(18)8(16-3)11(12)23-14;1-2;1-5(2,3)4/h5,7-13,15-16,18-20H,4H2,1-3H3;1-2H3;(H2,1,2,3,4)/t5-,7-,8+,9+,10+,11-,12-,13?,14+;;/m1../s1. The molecule has 1 unspecified atom stereocenters. The first kappa shape index (κ1) is 27.3. The van der Waals surface area contributed by atoms with Gasteiger partial charge in [0, 0.05) is 6.42 Å². The van der Waals surface area contributed by atoms with E-state index >= 15 is 0 Å². The van der Waals surface area contributed by atoms with Crippen molar-refractivity contribution in [1.29, 1.82) is 0 Å². The zero-order chi connectivity index (χ0) is 23.4. The molecule has 0 bridgehead atoms. The van der Waals surface area contributed by atoms with Gasteiger partial charge in [-0.3, -0.25) is 13.9 Å². The molecule has 30 heavy (non-hydrogen) atoms. The van der Waals surface area contributed by atoms with Gasteiger partial charge < -0.3 is 40.2 Å². The smallest absolute Gasteiger partial charge is 0.390 e. The van der Waals surface area contributed by atoms with Crippen LogP contribution in [0.4, 0.5) is 0 Å². The van der Waals surface area contributed by atoms with Crippen molar-refractivity contribution in [2.45, 2.75) is 81.9 Å². The van der Waals surface area contributed by atoms with Crippen LogP contribution >= 0.6 is 0 Å². The number of hydrogen-bond acceptors (Lipinski definition) is 11. The number of ketones is 1. The Balaban J connectivity index is 0.000000565. The molecule has 178 valence electrons. The summed E-state index contributed by atoms with van der Waals surface area (Å²) >= 11 is 0. The molecule has 0 radical (unpaired) electrons. The van der Waals surface area contributed by atoms with Crippen LogP contribution in [0.25, 0.3) is 0 Å².